The molecule has 1 amide bonds. The summed E-state index contributed by atoms with van der Waals surface area (Å²) in [6.07, 6.45) is 1.49. The van der Waals surface area contributed by atoms with Gasteiger partial charge in [0, 0.05) is 12.6 Å². The Bertz CT molecular complexity index is 942. The summed E-state index contributed by atoms with van der Waals surface area (Å²) in [7, 11) is -2.19. The highest BCUT2D eigenvalue weighted by Crippen LogP contribution is 2.26. The van der Waals surface area contributed by atoms with Crippen LogP contribution in [0.3, 0.4) is 0 Å². The molecule has 0 aliphatic heterocycles. The summed E-state index contributed by atoms with van der Waals surface area (Å²) < 4.78 is 37.0. The molecule has 2 aromatic rings. The van der Waals surface area contributed by atoms with Gasteiger partial charge in [-0.3, -0.25) is 9.10 Å². The maximum atomic E-state index is 12.9. The van der Waals surface area contributed by atoms with Gasteiger partial charge in [-0.1, -0.05) is 25.1 Å². The average molecular weight is 435 g/mol. The fourth-order valence-corrected chi connectivity index (χ4v) is 4.28. The summed E-state index contributed by atoms with van der Waals surface area (Å²) in [6.45, 7) is 5.97. The van der Waals surface area contributed by atoms with Crippen molar-refractivity contribution in [3.63, 3.8) is 0 Å². The van der Waals surface area contributed by atoms with Gasteiger partial charge in [0.25, 0.3) is 0 Å². The minimum Gasteiger partial charge on any atom is -0.497 e. The zero-order valence-corrected chi connectivity index (χ0v) is 18.9. The number of amides is 1. The van der Waals surface area contributed by atoms with Crippen molar-refractivity contribution in [2.75, 3.05) is 17.7 Å². The quantitative estimate of drug-likeness (QED) is 0.620. The Labute approximate surface area is 179 Å². The Balaban J connectivity index is 2.17. The zero-order chi connectivity index (χ0) is 22.3. The molecule has 2 rings (SSSR count). The van der Waals surface area contributed by atoms with E-state index in [9.17, 15) is 13.2 Å². The fraction of sp³-hybridized carbons (Fsp3) is 0.409. The second-order valence-electron chi connectivity index (χ2n) is 7.21. The van der Waals surface area contributed by atoms with Gasteiger partial charge in [0.05, 0.1) is 25.2 Å². The van der Waals surface area contributed by atoms with E-state index in [1.165, 1.54) is 7.11 Å². The number of anilines is 1. The molecule has 30 heavy (non-hydrogen) atoms. The van der Waals surface area contributed by atoms with E-state index in [-0.39, 0.29) is 18.6 Å². The van der Waals surface area contributed by atoms with E-state index in [1.807, 2.05) is 38.1 Å². The molecular weight excluding hydrogens is 404 g/mol. The van der Waals surface area contributed by atoms with Crippen LogP contribution in [0, 0.1) is 0 Å². The molecule has 1 N–H and O–H groups in total. The van der Waals surface area contributed by atoms with Crippen molar-refractivity contribution in [3.8, 4) is 11.5 Å². The van der Waals surface area contributed by atoms with Crippen molar-refractivity contribution in [1.29, 1.82) is 0 Å². The topological polar surface area (TPSA) is 84.9 Å². The Hall–Kier alpha value is -2.74. The molecule has 0 aromatic heterocycles. The molecule has 0 saturated carbocycles. The highest BCUT2D eigenvalue weighted by atomic mass is 32.2. The van der Waals surface area contributed by atoms with Gasteiger partial charge in [-0.25, -0.2) is 8.42 Å². The minimum absolute atomic E-state index is 0.0828. The number of ether oxygens (including phenoxy) is 2. The maximum Gasteiger partial charge on any atom is 0.244 e. The first kappa shape index (κ1) is 23.5. The number of nitrogens with zero attached hydrogens (tertiary/aromatic N) is 1. The first-order valence-electron chi connectivity index (χ1n) is 9.82. The van der Waals surface area contributed by atoms with Crippen LogP contribution in [0.15, 0.2) is 48.5 Å². The number of sulfonamides is 1. The Morgan fingerprint density at radius 2 is 1.77 bits per heavy atom. The van der Waals surface area contributed by atoms with E-state index in [0.29, 0.717) is 17.9 Å². The highest BCUT2D eigenvalue weighted by molar-refractivity contribution is 7.92. The molecular formula is C22H30N2O5S. The van der Waals surface area contributed by atoms with Crippen LogP contribution in [0.25, 0.3) is 0 Å². The van der Waals surface area contributed by atoms with Gasteiger partial charge in [-0.05, 0) is 50.1 Å². The van der Waals surface area contributed by atoms with Crippen LogP contribution in [-0.2, 0) is 21.4 Å². The number of methoxy groups -OCH3 is 1. The van der Waals surface area contributed by atoms with Crippen LogP contribution in [0.1, 0.15) is 32.8 Å². The number of hydrogen-bond donors (Lipinski definition) is 1. The lowest BCUT2D eigenvalue weighted by Crippen LogP contribution is -2.49. The van der Waals surface area contributed by atoms with E-state index in [0.717, 1.165) is 21.9 Å². The predicted octanol–water partition coefficient (Wildman–Crippen LogP) is 3.34. The minimum atomic E-state index is -3.70. The standard InChI is InChI=1S/C22H30N2O5S/c1-6-21(24(30(5,26)27)18-8-7-9-20(14-18)28-4)22(25)23-15-17-10-12-19(13-11-17)29-16(2)3/h7-14,16,21H,6,15H2,1-5H3,(H,23,25). The van der Waals surface area contributed by atoms with Crippen molar-refractivity contribution in [1.82, 2.24) is 5.32 Å². The van der Waals surface area contributed by atoms with E-state index in [1.54, 1.807) is 31.2 Å². The maximum absolute atomic E-state index is 12.9. The van der Waals surface area contributed by atoms with Crippen LogP contribution >= 0.6 is 0 Å². The third-order valence-electron chi connectivity index (χ3n) is 4.40. The molecule has 0 radical (unpaired) electrons. The second-order valence-corrected chi connectivity index (χ2v) is 9.07. The largest absolute Gasteiger partial charge is 0.497 e. The molecule has 0 spiro atoms. The molecule has 0 fully saturated rings. The Morgan fingerprint density at radius 3 is 2.30 bits per heavy atom. The third-order valence-corrected chi connectivity index (χ3v) is 5.58. The van der Waals surface area contributed by atoms with Crippen LogP contribution < -0.4 is 19.1 Å². The molecule has 0 bridgehead atoms. The summed E-state index contributed by atoms with van der Waals surface area (Å²) in [5.41, 5.74) is 1.27. The Morgan fingerprint density at radius 1 is 1.10 bits per heavy atom. The zero-order valence-electron chi connectivity index (χ0n) is 18.1. The molecule has 0 aliphatic carbocycles. The van der Waals surface area contributed by atoms with E-state index in [4.69, 9.17) is 9.47 Å². The number of rotatable bonds is 10. The first-order valence-corrected chi connectivity index (χ1v) is 11.7. The van der Waals surface area contributed by atoms with Crippen LogP contribution in [0.5, 0.6) is 11.5 Å². The van der Waals surface area contributed by atoms with E-state index in [2.05, 4.69) is 5.32 Å². The number of carbonyl (C=O) groups is 1. The molecule has 0 heterocycles. The molecule has 0 saturated heterocycles. The van der Waals surface area contributed by atoms with Crippen molar-refractivity contribution in [2.45, 2.75) is 45.9 Å². The molecule has 0 aliphatic rings. The van der Waals surface area contributed by atoms with Gasteiger partial charge < -0.3 is 14.8 Å². The smallest absolute Gasteiger partial charge is 0.244 e. The summed E-state index contributed by atoms with van der Waals surface area (Å²) in [5.74, 6) is 0.904. The molecule has 2 aromatic carbocycles. The normalized spacial score (nSPS) is 12.3. The summed E-state index contributed by atoms with van der Waals surface area (Å²) >= 11 is 0. The van der Waals surface area contributed by atoms with E-state index < -0.39 is 16.1 Å². The molecule has 8 heteroatoms. The predicted molar refractivity (Wildman–Crippen MR) is 118 cm³/mol. The van der Waals surface area contributed by atoms with Crippen molar-refractivity contribution in [2.24, 2.45) is 0 Å². The van der Waals surface area contributed by atoms with E-state index >= 15 is 0 Å². The summed E-state index contributed by atoms with van der Waals surface area (Å²) in [4.78, 5) is 12.9. The molecule has 1 atom stereocenters. The Kier molecular flexibility index (Phi) is 8.11. The molecule has 1 unspecified atom stereocenters. The lowest BCUT2D eigenvalue weighted by atomic mass is 10.1. The average Bonchev–Trinajstić information content (AvgIpc) is 2.69. The van der Waals surface area contributed by atoms with Crippen LogP contribution in [0.2, 0.25) is 0 Å². The lowest BCUT2D eigenvalue weighted by Gasteiger charge is -2.30. The number of nitrogens with one attached hydrogen (secondary N) is 1. The SMILES string of the molecule is CCC(C(=O)NCc1ccc(OC(C)C)cc1)N(c1cccc(OC)c1)S(C)(=O)=O. The van der Waals surface area contributed by atoms with Crippen molar-refractivity contribution >= 4 is 21.6 Å². The monoisotopic (exact) mass is 434 g/mol. The third kappa shape index (κ3) is 6.38. The highest BCUT2D eigenvalue weighted by Gasteiger charge is 2.31. The van der Waals surface area contributed by atoms with Gasteiger partial charge in [0.1, 0.15) is 17.5 Å². The fourth-order valence-electron chi connectivity index (χ4n) is 3.07. The summed E-state index contributed by atoms with van der Waals surface area (Å²) in [6, 6.07) is 13.2. The van der Waals surface area contributed by atoms with Crippen LogP contribution in [0.4, 0.5) is 5.69 Å². The van der Waals surface area contributed by atoms with Crippen molar-refractivity contribution < 1.29 is 22.7 Å². The molecule has 7 nitrogen and oxygen atoms in total. The molecule has 164 valence electrons. The number of hydrogen-bond acceptors (Lipinski definition) is 5. The van der Waals surface area contributed by atoms with Gasteiger partial charge in [-0.2, -0.15) is 0 Å². The number of benzene rings is 2. The summed E-state index contributed by atoms with van der Waals surface area (Å²) in [5, 5.41) is 2.84. The van der Waals surface area contributed by atoms with Gasteiger partial charge in [0.15, 0.2) is 0 Å². The lowest BCUT2D eigenvalue weighted by molar-refractivity contribution is -0.122. The van der Waals surface area contributed by atoms with Crippen molar-refractivity contribution in [3.05, 3.63) is 54.1 Å². The second kappa shape index (κ2) is 10.3. The van der Waals surface area contributed by atoms with Gasteiger partial charge in [-0.15, -0.1) is 0 Å². The van der Waals surface area contributed by atoms with Crippen LogP contribution in [-0.4, -0.2) is 39.8 Å². The van der Waals surface area contributed by atoms with Gasteiger partial charge >= 0.3 is 0 Å². The number of carbonyl (C=O) groups excluding carboxylic acids is 1. The first-order chi connectivity index (χ1) is 14.2. The van der Waals surface area contributed by atoms with Gasteiger partial charge in [0.2, 0.25) is 15.9 Å².